The van der Waals surface area contributed by atoms with Gasteiger partial charge in [0.1, 0.15) is 5.82 Å². The van der Waals surface area contributed by atoms with Crippen LogP contribution in [0.2, 0.25) is 0 Å². The van der Waals surface area contributed by atoms with Gasteiger partial charge in [-0.2, -0.15) is 4.31 Å². The number of nitrogens with one attached hydrogen (secondary N) is 1. The Labute approximate surface area is 121 Å². The predicted molar refractivity (Wildman–Crippen MR) is 78.9 cm³/mol. The molecule has 5 nitrogen and oxygen atoms in total. The summed E-state index contributed by atoms with van der Waals surface area (Å²) in [5.74, 6) is 1.30. The van der Waals surface area contributed by atoms with E-state index < -0.39 is 10.0 Å². The molecule has 0 atom stereocenters. The largest absolute Gasteiger partial charge is 0.332 e. The molecule has 6 heteroatoms. The van der Waals surface area contributed by atoms with Gasteiger partial charge in [-0.25, -0.2) is 13.4 Å². The fourth-order valence-corrected chi connectivity index (χ4v) is 4.16. The summed E-state index contributed by atoms with van der Waals surface area (Å²) in [5, 5.41) is 0.226. The fourth-order valence-electron chi connectivity index (χ4n) is 2.76. The van der Waals surface area contributed by atoms with Crippen LogP contribution in [0.4, 0.5) is 0 Å². The van der Waals surface area contributed by atoms with E-state index in [1.165, 1.54) is 6.20 Å². The minimum atomic E-state index is -3.40. The number of sulfonamides is 1. The highest BCUT2D eigenvalue weighted by Crippen LogP contribution is 2.35. The number of H-pyrrole nitrogens is 1. The second-order valence-electron chi connectivity index (χ2n) is 6.59. The number of aryl methyl sites for hydroxylation is 1. The van der Waals surface area contributed by atoms with Crippen molar-refractivity contribution in [2.45, 2.75) is 52.0 Å². The van der Waals surface area contributed by atoms with Crippen molar-refractivity contribution in [1.82, 2.24) is 14.3 Å². The third-order valence-corrected chi connectivity index (χ3v) is 6.04. The number of imidazole rings is 1. The Morgan fingerprint density at radius 1 is 1.35 bits per heavy atom. The first-order valence-corrected chi connectivity index (χ1v) is 8.73. The SMILES string of the molecule is CCc1ncc(S(=O)(=O)N2CCC(C(C)(C)C)CC2)[nH]1. The second kappa shape index (κ2) is 5.48. The molecule has 0 unspecified atom stereocenters. The zero-order valence-electron chi connectivity index (χ0n) is 12.8. The van der Waals surface area contributed by atoms with Gasteiger partial charge >= 0.3 is 0 Å². The molecule has 0 aliphatic carbocycles. The summed E-state index contributed by atoms with van der Waals surface area (Å²) >= 11 is 0. The summed E-state index contributed by atoms with van der Waals surface area (Å²) in [6, 6.07) is 0. The molecule has 0 bridgehead atoms. The normalized spacial score (nSPS) is 19.4. The number of nitrogens with zero attached hydrogens (tertiary/aromatic N) is 2. The molecule has 0 aromatic carbocycles. The molecule has 0 radical (unpaired) electrons. The van der Waals surface area contributed by atoms with Crippen LogP contribution < -0.4 is 0 Å². The van der Waals surface area contributed by atoms with Crippen LogP contribution in [0.25, 0.3) is 0 Å². The molecule has 0 spiro atoms. The molecule has 20 heavy (non-hydrogen) atoms. The maximum atomic E-state index is 12.5. The predicted octanol–water partition coefficient (Wildman–Crippen LogP) is 2.42. The lowest BCUT2D eigenvalue weighted by Crippen LogP contribution is -2.41. The molecule has 2 rings (SSSR count). The summed E-state index contributed by atoms with van der Waals surface area (Å²) in [7, 11) is -3.40. The number of hydrogen-bond donors (Lipinski definition) is 1. The molecule has 114 valence electrons. The number of hydrogen-bond acceptors (Lipinski definition) is 3. The van der Waals surface area contributed by atoms with Crippen molar-refractivity contribution in [3.8, 4) is 0 Å². The summed E-state index contributed by atoms with van der Waals surface area (Å²) in [6.45, 7) is 9.83. The van der Waals surface area contributed by atoms with Crippen LogP contribution in [0.5, 0.6) is 0 Å². The van der Waals surface area contributed by atoms with Crippen molar-refractivity contribution >= 4 is 10.0 Å². The third-order valence-electron chi connectivity index (χ3n) is 4.24. The van der Waals surface area contributed by atoms with Gasteiger partial charge in [-0.3, -0.25) is 0 Å². The molecule has 0 saturated carbocycles. The Morgan fingerprint density at radius 3 is 2.40 bits per heavy atom. The zero-order valence-corrected chi connectivity index (χ0v) is 13.6. The lowest BCUT2D eigenvalue weighted by molar-refractivity contribution is 0.154. The Bertz CT molecular complexity index is 549. The number of aromatic amines is 1. The van der Waals surface area contributed by atoms with Crippen LogP contribution in [-0.2, 0) is 16.4 Å². The van der Waals surface area contributed by atoms with E-state index in [4.69, 9.17) is 0 Å². The van der Waals surface area contributed by atoms with Crippen LogP contribution in [0, 0.1) is 11.3 Å². The third kappa shape index (κ3) is 3.06. The quantitative estimate of drug-likeness (QED) is 0.932. The monoisotopic (exact) mass is 299 g/mol. The molecule has 1 fully saturated rings. The van der Waals surface area contributed by atoms with Crippen LogP contribution in [0.3, 0.4) is 0 Å². The van der Waals surface area contributed by atoms with Gasteiger partial charge in [0.15, 0.2) is 5.03 Å². The summed E-state index contributed by atoms with van der Waals surface area (Å²) in [6.07, 6.45) is 4.00. The average molecular weight is 299 g/mol. The van der Waals surface area contributed by atoms with Gasteiger partial charge in [-0.05, 0) is 24.2 Å². The van der Waals surface area contributed by atoms with Gasteiger partial charge < -0.3 is 4.98 Å². The highest BCUT2D eigenvalue weighted by Gasteiger charge is 2.34. The van der Waals surface area contributed by atoms with Crippen molar-refractivity contribution in [3.05, 3.63) is 12.0 Å². The standard InChI is InChI=1S/C14H25N3O2S/c1-5-12-15-10-13(16-12)20(18,19)17-8-6-11(7-9-17)14(2,3)4/h10-11H,5-9H2,1-4H3,(H,15,16). The minimum absolute atomic E-state index is 0.226. The maximum absolute atomic E-state index is 12.5. The van der Waals surface area contributed by atoms with Crippen molar-refractivity contribution in [2.75, 3.05) is 13.1 Å². The Balaban J connectivity index is 2.09. The van der Waals surface area contributed by atoms with Gasteiger partial charge in [0.25, 0.3) is 10.0 Å². The maximum Gasteiger partial charge on any atom is 0.260 e. The van der Waals surface area contributed by atoms with E-state index in [0.717, 1.165) is 12.8 Å². The first-order valence-electron chi connectivity index (χ1n) is 7.29. The van der Waals surface area contributed by atoms with E-state index in [2.05, 4.69) is 30.7 Å². The zero-order chi connectivity index (χ0) is 15.0. The molecule has 1 saturated heterocycles. The molecule has 2 heterocycles. The molecule has 0 amide bonds. The summed E-state index contributed by atoms with van der Waals surface area (Å²) in [4.78, 5) is 6.99. The first-order chi connectivity index (χ1) is 9.25. The van der Waals surface area contributed by atoms with E-state index in [0.29, 0.717) is 31.3 Å². The fraction of sp³-hybridized carbons (Fsp3) is 0.786. The molecule has 1 aliphatic heterocycles. The molecule has 1 aliphatic rings. The van der Waals surface area contributed by atoms with Gasteiger partial charge in [0, 0.05) is 19.5 Å². The lowest BCUT2D eigenvalue weighted by Gasteiger charge is -2.37. The van der Waals surface area contributed by atoms with Gasteiger partial charge in [0.2, 0.25) is 0 Å². The molecule has 1 aromatic heterocycles. The van der Waals surface area contributed by atoms with E-state index in [1.54, 1.807) is 4.31 Å². The van der Waals surface area contributed by atoms with Crippen LogP contribution in [0.1, 0.15) is 46.4 Å². The Kier molecular flexibility index (Phi) is 4.25. The van der Waals surface area contributed by atoms with Crippen molar-refractivity contribution in [1.29, 1.82) is 0 Å². The van der Waals surface area contributed by atoms with Crippen molar-refractivity contribution < 1.29 is 8.42 Å². The summed E-state index contributed by atoms with van der Waals surface area (Å²) in [5.41, 5.74) is 0.249. The lowest BCUT2D eigenvalue weighted by atomic mass is 9.76. The van der Waals surface area contributed by atoms with Crippen LogP contribution in [0.15, 0.2) is 11.2 Å². The first kappa shape index (κ1) is 15.5. The van der Waals surface area contributed by atoms with Crippen molar-refractivity contribution in [3.63, 3.8) is 0 Å². The topological polar surface area (TPSA) is 66.1 Å². The number of piperidine rings is 1. The summed E-state index contributed by atoms with van der Waals surface area (Å²) < 4.78 is 26.6. The van der Waals surface area contributed by atoms with Crippen LogP contribution in [-0.4, -0.2) is 35.8 Å². The van der Waals surface area contributed by atoms with Gasteiger partial charge in [-0.1, -0.05) is 27.7 Å². The van der Waals surface area contributed by atoms with E-state index in [9.17, 15) is 8.42 Å². The molecule has 1 aromatic rings. The van der Waals surface area contributed by atoms with Crippen LogP contribution >= 0.6 is 0 Å². The molecular weight excluding hydrogens is 274 g/mol. The van der Waals surface area contributed by atoms with E-state index in [-0.39, 0.29) is 10.4 Å². The number of aromatic nitrogens is 2. The highest BCUT2D eigenvalue weighted by molar-refractivity contribution is 7.89. The second-order valence-corrected chi connectivity index (χ2v) is 8.50. The van der Waals surface area contributed by atoms with Gasteiger partial charge in [0.05, 0.1) is 6.20 Å². The Hall–Kier alpha value is -0.880. The Morgan fingerprint density at radius 2 is 1.95 bits per heavy atom. The number of rotatable bonds is 3. The highest BCUT2D eigenvalue weighted by atomic mass is 32.2. The van der Waals surface area contributed by atoms with E-state index in [1.807, 2.05) is 6.92 Å². The van der Waals surface area contributed by atoms with Crippen molar-refractivity contribution in [2.24, 2.45) is 11.3 Å². The van der Waals surface area contributed by atoms with Gasteiger partial charge in [-0.15, -0.1) is 0 Å². The average Bonchev–Trinajstić information content (AvgIpc) is 2.87. The minimum Gasteiger partial charge on any atom is -0.332 e. The molecule has 1 N–H and O–H groups in total. The van der Waals surface area contributed by atoms with E-state index >= 15 is 0 Å². The molecular formula is C14H25N3O2S. The smallest absolute Gasteiger partial charge is 0.260 e.